The van der Waals surface area contributed by atoms with Gasteiger partial charge in [-0.25, -0.2) is 0 Å². The van der Waals surface area contributed by atoms with Crippen LogP contribution < -0.4 is 4.74 Å². The van der Waals surface area contributed by atoms with Gasteiger partial charge >= 0.3 is 0 Å². The zero-order chi connectivity index (χ0) is 18.8. The van der Waals surface area contributed by atoms with Crippen LogP contribution in [-0.4, -0.2) is 24.5 Å². The van der Waals surface area contributed by atoms with Gasteiger partial charge in [0.05, 0.1) is 18.2 Å². The van der Waals surface area contributed by atoms with E-state index in [4.69, 9.17) is 16.3 Å². The molecule has 1 atom stereocenters. The maximum absolute atomic E-state index is 13.1. The van der Waals surface area contributed by atoms with Gasteiger partial charge in [-0.15, -0.1) is 11.3 Å². The molecule has 1 amide bonds. The summed E-state index contributed by atoms with van der Waals surface area (Å²) in [7, 11) is 1.67. The van der Waals surface area contributed by atoms with E-state index < -0.39 is 0 Å². The Morgan fingerprint density at radius 3 is 2.81 bits per heavy atom. The lowest BCUT2D eigenvalue weighted by Gasteiger charge is -2.27. The molecule has 0 spiro atoms. The van der Waals surface area contributed by atoms with Gasteiger partial charge in [-0.1, -0.05) is 48.0 Å². The van der Waals surface area contributed by atoms with Crippen molar-refractivity contribution < 1.29 is 9.53 Å². The second-order valence-corrected chi connectivity index (χ2v) is 7.90. The molecule has 1 fully saturated rings. The molecule has 4 rings (SSSR count). The molecule has 138 valence electrons. The molecule has 1 unspecified atom stereocenters. The Morgan fingerprint density at radius 1 is 1.19 bits per heavy atom. The number of ether oxygens (including phenoxy) is 1. The van der Waals surface area contributed by atoms with Crippen molar-refractivity contribution in [3.8, 4) is 16.9 Å². The van der Waals surface area contributed by atoms with Crippen LogP contribution in [0.25, 0.3) is 11.1 Å². The zero-order valence-electron chi connectivity index (χ0n) is 15.0. The summed E-state index contributed by atoms with van der Waals surface area (Å²) < 4.78 is 5.39. The van der Waals surface area contributed by atoms with Gasteiger partial charge in [0, 0.05) is 6.54 Å². The quantitative estimate of drug-likeness (QED) is 0.536. The van der Waals surface area contributed by atoms with Gasteiger partial charge in [-0.05, 0) is 53.1 Å². The minimum absolute atomic E-state index is 0.0259. The molecule has 0 saturated carbocycles. The molecule has 0 radical (unpaired) electrons. The van der Waals surface area contributed by atoms with Gasteiger partial charge in [0.15, 0.2) is 0 Å². The molecule has 1 saturated heterocycles. The minimum atomic E-state index is 0.0259. The van der Waals surface area contributed by atoms with E-state index in [0.717, 1.165) is 36.3 Å². The van der Waals surface area contributed by atoms with Crippen molar-refractivity contribution in [1.82, 2.24) is 4.90 Å². The van der Waals surface area contributed by atoms with Crippen LogP contribution in [0.4, 0.5) is 0 Å². The summed E-state index contributed by atoms with van der Waals surface area (Å²) in [6.45, 7) is 0.754. The summed E-state index contributed by atoms with van der Waals surface area (Å²) in [5.41, 5.74) is 3.40. The van der Waals surface area contributed by atoms with Crippen molar-refractivity contribution in [2.75, 3.05) is 13.7 Å². The number of likely N-dealkylation sites (tertiary alicyclic amines) is 1. The number of methoxy groups -OCH3 is 1. The second kappa shape index (κ2) is 7.75. The van der Waals surface area contributed by atoms with Crippen molar-refractivity contribution in [3.05, 3.63) is 75.4 Å². The molecule has 1 aliphatic rings. The molecule has 27 heavy (non-hydrogen) atoms. The maximum Gasteiger partial charge on any atom is 0.265 e. The molecule has 2 heterocycles. The Morgan fingerprint density at radius 2 is 2.04 bits per heavy atom. The van der Waals surface area contributed by atoms with E-state index in [1.807, 2.05) is 40.6 Å². The number of rotatable bonds is 4. The molecule has 0 aliphatic carbocycles. The molecule has 3 nitrogen and oxygen atoms in total. The van der Waals surface area contributed by atoms with E-state index >= 15 is 0 Å². The Hall–Kier alpha value is -2.30. The van der Waals surface area contributed by atoms with E-state index in [0.29, 0.717) is 9.90 Å². The van der Waals surface area contributed by atoms with E-state index in [2.05, 4.69) is 18.2 Å². The number of benzene rings is 2. The van der Waals surface area contributed by atoms with Crippen molar-refractivity contribution in [1.29, 1.82) is 0 Å². The topological polar surface area (TPSA) is 29.5 Å². The number of nitrogens with zero attached hydrogens (tertiary/aromatic N) is 1. The largest absolute Gasteiger partial charge is 0.497 e. The van der Waals surface area contributed by atoms with Crippen molar-refractivity contribution in [2.45, 2.75) is 18.9 Å². The van der Waals surface area contributed by atoms with Crippen LogP contribution in [0.1, 0.15) is 34.1 Å². The Labute approximate surface area is 168 Å². The van der Waals surface area contributed by atoms with Crippen LogP contribution in [0.5, 0.6) is 5.75 Å². The molecule has 1 aliphatic heterocycles. The van der Waals surface area contributed by atoms with Crippen LogP contribution >= 0.6 is 22.9 Å². The first kappa shape index (κ1) is 18.1. The number of thiophene rings is 1. The first-order valence-corrected chi connectivity index (χ1v) is 10.2. The van der Waals surface area contributed by atoms with Gasteiger partial charge in [0.1, 0.15) is 10.6 Å². The fourth-order valence-electron chi connectivity index (χ4n) is 3.75. The average Bonchev–Trinajstić information content (AvgIpc) is 3.36. The minimum Gasteiger partial charge on any atom is -0.497 e. The standard InChI is InChI=1S/C22H20ClNO2S/c1-26-16-7-4-6-15(14-16)17-8-2-3-9-18(17)20-10-5-12-24(20)22(25)21-19(23)11-13-27-21/h2-4,6-9,11,13-14,20H,5,10,12H2,1H3. The third-order valence-electron chi connectivity index (χ3n) is 5.03. The molecule has 2 aromatic carbocycles. The molecule has 0 bridgehead atoms. The lowest BCUT2D eigenvalue weighted by atomic mass is 9.93. The SMILES string of the molecule is COc1cccc(-c2ccccc2C2CCCN2C(=O)c2sccc2Cl)c1. The van der Waals surface area contributed by atoms with Gasteiger partial charge in [-0.2, -0.15) is 0 Å². The number of halogens is 1. The fraction of sp³-hybridized carbons (Fsp3) is 0.227. The molecule has 3 aromatic rings. The monoisotopic (exact) mass is 397 g/mol. The van der Waals surface area contributed by atoms with Gasteiger partial charge < -0.3 is 9.64 Å². The Kier molecular flexibility index (Phi) is 5.19. The number of hydrogen-bond acceptors (Lipinski definition) is 3. The van der Waals surface area contributed by atoms with Crippen LogP contribution in [0.15, 0.2) is 60.0 Å². The van der Waals surface area contributed by atoms with E-state index in [1.54, 1.807) is 13.2 Å². The highest BCUT2D eigenvalue weighted by atomic mass is 35.5. The van der Waals surface area contributed by atoms with E-state index in [9.17, 15) is 4.79 Å². The summed E-state index contributed by atoms with van der Waals surface area (Å²) in [5, 5.41) is 2.40. The Balaban J connectivity index is 1.72. The third kappa shape index (κ3) is 3.47. The number of carbonyl (C=O) groups excluding carboxylic acids is 1. The van der Waals surface area contributed by atoms with Crippen LogP contribution in [0.2, 0.25) is 5.02 Å². The van der Waals surface area contributed by atoms with Crippen LogP contribution in [0, 0.1) is 0 Å². The fourth-order valence-corrected chi connectivity index (χ4v) is 4.84. The number of amides is 1. The van der Waals surface area contributed by atoms with Gasteiger partial charge in [-0.3, -0.25) is 4.79 Å². The molecule has 5 heteroatoms. The van der Waals surface area contributed by atoms with Crippen molar-refractivity contribution >= 4 is 28.8 Å². The van der Waals surface area contributed by atoms with Gasteiger partial charge in [0.25, 0.3) is 5.91 Å². The Bertz CT molecular complexity index is 968. The normalized spacial score (nSPS) is 16.5. The molecule has 1 aromatic heterocycles. The average molecular weight is 398 g/mol. The predicted octanol–water partition coefficient (Wildman–Crippen LogP) is 6.05. The summed E-state index contributed by atoms with van der Waals surface area (Å²) in [6.07, 6.45) is 1.95. The highest BCUT2D eigenvalue weighted by Gasteiger charge is 2.33. The summed E-state index contributed by atoms with van der Waals surface area (Å²) in [5.74, 6) is 0.852. The first-order chi connectivity index (χ1) is 13.2. The zero-order valence-corrected chi connectivity index (χ0v) is 16.6. The summed E-state index contributed by atoms with van der Waals surface area (Å²) >= 11 is 7.62. The third-order valence-corrected chi connectivity index (χ3v) is 6.36. The second-order valence-electron chi connectivity index (χ2n) is 6.57. The molecular weight excluding hydrogens is 378 g/mol. The maximum atomic E-state index is 13.1. The van der Waals surface area contributed by atoms with Crippen molar-refractivity contribution in [3.63, 3.8) is 0 Å². The lowest BCUT2D eigenvalue weighted by Crippen LogP contribution is -2.30. The van der Waals surface area contributed by atoms with E-state index in [1.165, 1.54) is 16.9 Å². The number of carbonyl (C=O) groups is 1. The highest BCUT2D eigenvalue weighted by molar-refractivity contribution is 7.12. The smallest absolute Gasteiger partial charge is 0.265 e. The van der Waals surface area contributed by atoms with Crippen molar-refractivity contribution in [2.24, 2.45) is 0 Å². The number of hydrogen-bond donors (Lipinski definition) is 0. The molecular formula is C22H20ClNO2S. The van der Waals surface area contributed by atoms with E-state index in [-0.39, 0.29) is 11.9 Å². The highest BCUT2D eigenvalue weighted by Crippen LogP contribution is 2.40. The first-order valence-electron chi connectivity index (χ1n) is 8.96. The summed E-state index contributed by atoms with van der Waals surface area (Å²) in [6, 6.07) is 18.2. The molecule has 0 N–H and O–H groups in total. The van der Waals surface area contributed by atoms with Crippen LogP contribution in [-0.2, 0) is 0 Å². The predicted molar refractivity (Wildman–Crippen MR) is 111 cm³/mol. The summed E-state index contributed by atoms with van der Waals surface area (Å²) in [4.78, 5) is 15.7. The van der Waals surface area contributed by atoms with Crippen LogP contribution in [0.3, 0.4) is 0 Å². The van der Waals surface area contributed by atoms with Gasteiger partial charge in [0.2, 0.25) is 0 Å². The lowest BCUT2D eigenvalue weighted by molar-refractivity contribution is 0.0741.